The van der Waals surface area contributed by atoms with Crippen LogP contribution in [0, 0.1) is 0 Å². The van der Waals surface area contributed by atoms with Gasteiger partial charge in [-0.2, -0.15) is 0 Å². The van der Waals surface area contributed by atoms with Crippen LogP contribution in [0.15, 0.2) is 36.5 Å². The van der Waals surface area contributed by atoms with E-state index in [0.29, 0.717) is 12.2 Å². The van der Waals surface area contributed by atoms with E-state index < -0.39 is 0 Å². The number of carbonyl (C=O) groups is 1. The lowest BCUT2D eigenvalue weighted by molar-refractivity contribution is 0.0949. The van der Waals surface area contributed by atoms with Gasteiger partial charge in [-0.05, 0) is 37.8 Å². The molecule has 7 heteroatoms. The summed E-state index contributed by atoms with van der Waals surface area (Å²) in [6.07, 6.45) is 7.16. The van der Waals surface area contributed by atoms with Crippen molar-refractivity contribution in [1.82, 2.24) is 25.3 Å². The Morgan fingerprint density at radius 1 is 1.20 bits per heavy atom. The number of rotatable bonds is 5. The first-order chi connectivity index (χ1) is 12.3. The number of aryl methyl sites for hydroxylation is 2. The molecular weight excluding hydrogens is 334 g/mol. The van der Waals surface area contributed by atoms with Gasteiger partial charge in [-0.1, -0.05) is 23.4 Å². The van der Waals surface area contributed by atoms with Crippen molar-refractivity contribution in [3.63, 3.8) is 0 Å². The summed E-state index contributed by atoms with van der Waals surface area (Å²) in [5.74, 6) is -0.205. The fourth-order valence-electron chi connectivity index (χ4n) is 2.96. The molecule has 0 radical (unpaired) electrons. The molecule has 2 heterocycles. The Morgan fingerprint density at radius 2 is 2.04 bits per heavy atom. The third-order valence-corrected chi connectivity index (χ3v) is 5.48. The highest BCUT2D eigenvalue weighted by atomic mass is 32.1. The smallest absolute Gasteiger partial charge is 0.273 e. The van der Waals surface area contributed by atoms with Gasteiger partial charge in [0, 0.05) is 17.8 Å². The monoisotopic (exact) mass is 353 g/mol. The molecule has 4 rings (SSSR count). The molecule has 128 valence electrons. The zero-order valence-electron chi connectivity index (χ0n) is 13.8. The number of carbonyl (C=O) groups excluding carboxylic acids is 1. The van der Waals surface area contributed by atoms with E-state index in [0.717, 1.165) is 30.0 Å². The molecule has 0 bridgehead atoms. The quantitative estimate of drug-likeness (QED) is 0.765. The molecule has 1 N–H and O–H groups in total. The SMILES string of the molecule is O=C(NCCc1nc2c(s1)CCCC2)c1cn(-c2ccccc2)nn1. The molecule has 0 saturated carbocycles. The minimum absolute atomic E-state index is 0.205. The van der Waals surface area contributed by atoms with Crippen molar-refractivity contribution < 1.29 is 4.79 Å². The van der Waals surface area contributed by atoms with Gasteiger partial charge in [-0.25, -0.2) is 9.67 Å². The first-order valence-electron chi connectivity index (χ1n) is 8.53. The number of para-hydroxylation sites is 1. The second-order valence-corrected chi connectivity index (χ2v) is 7.24. The molecule has 0 fully saturated rings. The Labute approximate surface area is 149 Å². The summed E-state index contributed by atoms with van der Waals surface area (Å²) in [4.78, 5) is 18.4. The zero-order chi connectivity index (χ0) is 17.1. The lowest BCUT2D eigenvalue weighted by atomic mass is 10.0. The number of benzene rings is 1. The van der Waals surface area contributed by atoms with Crippen LogP contribution in [0.1, 0.15) is 38.9 Å². The third kappa shape index (κ3) is 3.61. The van der Waals surface area contributed by atoms with Crippen LogP contribution in [0.3, 0.4) is 0 Å². The Morgan fingerprint density at radius 3 is 2.88 bits per heavy atom. The van der Waals surface area contributed by atoms with E-state index in [1.54, 1.807) is 22.2 Å². The third-order valence-electron chi connectivity index (χ3n) is 4.26. The van der Waals surface area contributed by atoms with Crippen LogP contribution in [0.5, 0.6) is 0 Å². The maximum atomic E-state index is 12.2. The molecule has 1 aliphatic rings. The number of nitrogens with one attached hydrogen (secondary N) is 1. The summed E-state index contributed by atoms with van der Waals surface area (Å²) >= 11 is 1.79. The van der Waals surface area contributed by atoms with Gasteiger partial charge in [0.25, 0.3) is 5.91 Å². The van der Waals surface area contributed by atoms with Gasteiger partial charge in [-0.15, -0.1) is 16.4 Å². The van der Waals surface area contributed by atoms with E-state index in [4.69, 9.17) is 4.98 Å². The molecule has 1 amide bonds. The molecular formula is C18H19N5OS. The summed E-state index contributed by atoms with van der Waals surface area (Å²) in [6, 6.07) is 9.61. The molecule has 25 heavy (non-hydrogen) atoms. The maximum absolute atomic E-state index is 12.2. The van der Waals surface area contributed by atoms with E-state index >= 15 is 0 Å². The topological polar surface area (TPSA) is 72.7 Å². The Kier molecular flexibility index (Phi) is 4.56. The Hall–Kier alpha value is -2.54. The molecule has 0 spiro atoms. The first kappa shape index (κ1) is 16.0. The minimum atomic E-state index is -0.205. The molecule has 1 aliphatic carbocycles. The van der Waals surface area contributed by atoms with Gasteiger partial charge in [-0.3, -0.25) is 4.79 Å². The number of fused-ring (bicyclic) bond motifs is 1. The average Bonchev–Trinajstić information content (AvgIpc) is 3.29. The van der Waals surface area contributed by atoms with Crippen molar-refractivity contribution in [2.45, 2.75) is 32.1 Å². The van der Waals surface area contributed by atoms with Crippen molar-refractivity contribution >= 4 is 17.2 Å². The number of aromatic nitrogens is 4. The summed E-state index contributed by atoms with van der Waals surface area (Å²) in [7, 11) is 0. The number of hydrogen-bond acceptors (Lipinski definition) is 5. The standard InChI is InChI=1S/C18H19N5OS/c24-18(15-12-23(22-21-15)13-6-2-1-3-7-13)19-11-10-17-20-14-8-4-5-9-16(14)25-17/h1-3,6-7,12H,4-5,8-11H2,(H,19,24). The number of hydrogen-bond donors (Lipinski definition) is 1. The van der Waals surface area contributed by atoms with Crippen LogP contribution in [0.2, 0.25) is 0 Å². The van der Waals surface area contributed by atoms with Crippen LogP contribution < -0.4 is 5.32 Å². The van der Waals surface area contributed by atoms with Gasteiger partial charge in [0.15, 0.2) is 5.69 Å². The van der Waals surface area contributed by atoms with Crippen LogP contribution in [0.25, 0.3) is 5.69 Å². The molecule has 2 aromatic heterocycles. The molecule has 0 saturated heterocycles. The molecule has 0 unspecified atom stereocenters. The number of amides is 1. The lowest BCUT2D eigenvalue weighted by Gasteiger charge is -2.06. The number of thiazole rings is 1. The van der Waals surface area contributed by atoms with Gasteiger partial charge >= 0.3 is 0 Å². The summed E-state index contributed by atoms with van der Waals surface area (Å²) in [5.41, 5.74) is 2.47. The first-order valence-corrected chi connectivity index (χ1v) is 9.35. The highest BCUT2D eigenvalue weighted by Crippen LogP contribution is 2.26. The predicted molar refractivity (Wildman–Crippen MR) is 96.2 cm³/mol. The summed E-state index contributed by atoms with van der Waals surface area (Å²) in [5, 5.41) is 12.0. The fraction of sp³-hybridized carbons (Fsp3) is 0.333. The van der Waals surface area contributed by atoms with Crippen LogP contribution in [-0.2, 0) is 19.3 Å². The number of nitrogens with zero attached hydrogens (tertiary/aromatic N) is 4. The van der Waals surface area contributed by atoms with Crippen molar-refractivity contribution in [1.29, 1.82) is 0 Å². The van der Waals surface area contributed by atoms with Gasteiger partial charge < -0.3 is 5.32 Å². The van der Waals surface area contributed by atoms with Crippen LogP contribution in [-0.4, -0.2) is 32.4 Å². The molecule has 6 nitrogen and oxygen atoms in total. The van der Waals surface area contributed by atoms with Crippen molar-refractivity contribution in [3.05, 3.63) is 57.8 Å². The van der Waals surface area contributed by atoms with Gasteiger partial charge in [0.05, 0.1) is 22.6 Å². The van der Waals surface area contributed by atoms with E-state index in [-0.39, 0.29) is 5.91 Å². The van der Waals surface area contributed by atoms with E-state index in [9.17, 15) is 4.79 Å². The predicted octanol–water partition coefficient (Wildman–Crippen LogP) is 2.58. The minimum Gasteiger partial charge on any atom is -0.350 e. The highest BCUT2D eigenvalue weighted by Gasteiger charge is 2.15. The van der Waals surface area contributed by atoms with E-state index in [1.165, 1.54) is 23.4 Å². The summed E-state index contributed by atoms with van der Waals surface area (Å²) < 4.78 is 1.60. The van der Waals surface area contributed by atoms with Crippen molar-refractivity contribution in [2.24, 2.45) is 0 Å². The normalized spacial score (nSPS) is 13.4. The van der Waals surface area contributed by atoms with Crippen molar-refractivity contribution in [3.8, 4) is 5.69 Å². The zero-order valence-corrected chi connectivity index (χ0v) is 14.6. The maximum Gasteiger partial charge on any atom is 0.273 e. The highest BCUT2D eigenvalue weighted by molar-refractivity contribution is 7.11. The van der Waals surface area contributed by atoms with E-state index in [1.807, 2.05) is 30.3 Å². The molecule has 3 aromatic rings. The fourth-order valence-corrected chi connectivity index (χ4v) is 4.12. The van der Waals surface area contributed by atoms with Gasteiger partial charge in [0.2, 0.25) is 0 Å². The second kappa shape index (κ2) is 7.14. The lowest BCUT2D eigenvalue weighted by Crippen LogP contribution is -2.26. The van der Waals surface area contributed by atoms with E-state index in [2.05, 4.69) is 15.6 Å². The van der Waals surface area contributed by atoms with Gasteiger partial charge in [0.1, 0.15) is 0 Å². The molecule has 0 aliphatic heterocycles. The second-order valence-electron chi connectivity index (χ2n) is 6.07. The average molecular weight is 353 g/mol. The molecule has 1 aromatic carbocycles. The molecule has 0 atom stereocenters. The Bertz CT molecular complexity index is 847. The Balaban J connectivity index is 1.33. The van der Waals surface area contributed by atoms with Crippen LogP contribution >= 0.6 is 11.3 Å². The van der Waals surface area contributed by atoms with Crippen molar-refractivity contribution in [2.75, 3.05) is 6.54 Å². The summed E-state index contributed by atoms with van der Waals surface area (Å²) in [6.45, 7) is 0.559. The van der Waals surface area contributed by atoms with Crippen LogP contribution in [0.4, 0.5) is 0 Å². The largest absolute Gasteiger partial charge is 0.350 e.